The van der Waals surface area contributed by atoms with E-state index < -0.39 is 0 Å². The van der Waals surface area contributed by atoms with Gasteiger partial charge in [0.2, 0.25) is 0 Å². The molecule has 11 heavy (non-hydrogen) atoms. The Balaban J connectivity index is 4.02. The molecule has 0 aliphatic carbocycles. The Morgan fingerprint density at radius 2 is 1.27 bits per heavy atom. The first-order valence-corrected chi connectivity index (χ1v) is 4.68. The van der Waals surface area contributed by atoms with Gasteiger partial charge in [-0.25, -0.2) is 0 Å². The number of hydrogen-bond acceptors (Lipinski definition) is 1. The highest BCUT2D eigenvalue weighted by Gasteiger charge is 2.20. The summed E-state index contributed by atoms with van der Waals surface area (Å²) in [6.07, 6.45) is 0. The molecule has 68 valence electrons. The molecule has 0 saturated carbocycles. The maximum absolute atomic E-state index is 3.38. The lowest BCUT2D eigenvalue weighted by molar-refractivity contribution is 0.255. The molecule has 0 bridgehead atoms. The monoisotopic (exact) mass is 157 g/mol. The lowest BCUT2D eigenvalue weighted by atomic mass is 9.84. The minimum Gasteiger partial charge on any atom is -0.316 e. The van der Waals surface area contributed by atoms with Crippen LogP contribution in [0.4, 0.5) is 0 Å². The van der Waals surface area contributed by atoms with Crippen LogP contribution in [0.25, 0.3) is 0 Å². The average molecular weight is 157 g/mol. The van der Waals surface area contributed by atoms with E-state index in [2.05, 4.69) is 47.0 Å². The molecule has 2 unspecified atom stereocenters. The summed E-state index contributed by atoms with van der Waals surface area (Å²) < 4.78 is 0. The predicted octanol–water partition coefficient (Wildman–Crippen LogP) is 2.52. The Morgan fingerprint density at radius 1 is 0.818 bits per heavy atom. The summed E-state index contributed by atoms with van der Waals surface area (Å²) in [6.45, 7) is 11.5. The van der Waals surface area contributed by atoms with Gasteiger partial charge in [0.05, 0.1) is 0 Å². The van der Waals surface area contributed by atoms with Gasteiger partial charge < -0.3 is 5.32 Å². The first-order chi connectivity index (χ1) is 5.00. The Bertz CT molecular complexity index is 97.0. The van der Waals surface area contributed by atoms with Crippen molar-refractivity contribution in [3.8, 4) is 0 Å². The zero-order valence-electron chi connectivity index (χ0n) is 8.81. The van der Waals surface area contributed by atoms with Crippen molar-refractivity contribution in [3.63, 3.8) is 0 Å². The molecule has 2 atom stereocenters. The van der Waals surface area contributed by atoms with E-state index in [1.165, 1.54) is 0 Å². The van der Waals surface area contributed by atoms with E-state index in [1.54, 1.807) is 0 Å². The van der Waals surface area contributed by atoms with Crippen molar-refractivity contribution in [2.45, 2.75) is 40.7 Å². The van der Waals surface area contributed by atoms with Crippen molar-refractivity contribution in [2.75, 3.05) is 7.05 Å². The van der Waals surface area contributed by atoms with Gasteiger partial charge in [-0.3, -0.25) is 0 Å². The van der Waals surface area contributed by atoms with Crippen molar-refractivity contribution in [1.82, 2.24) is 5.32 Å². The smallest absolute Gasteiger partial charge is 0.0115 e. The third-order valence-corrected chi connectivity index (χ3v) is 2.67. The predicted molar refractivity (Wildman–Crippen MR) is 51.7 cm³/mol. The second-order valence-electron chi connectivity index (χ2n) is 4.16. The third-order valence-electron chi connectivity index (χ3n) is 2.67. The van der Waals surface area contributed by atoms with Crippen LogP contribution in [0.5, 0.6) is 0 Å². The highest BCUT2D eigenvalue weighted by Crippen LogP contribution is 2.19. The van der Waals surface area contributed by atoms with Crippen LogP contribution in [-0.4, -0.2) is 13.1 Å². The van der Waals surface area contributed by atoms with Crippen LogP contribution in [0, 0.1) is 17.8 Å². The lowest BCUT2D eigenvalue weighted by Gasteiger charge is -2.29. The number of nitrogens with one attached hydrogen (secondary N) is 1. The largest absolute Gasteiger partial charge is 0.316 e. The van der Waals surface area contributed by atoms with Gasteiger partial charge in [0.15, 0.2) is 0 Å². The molecule has 0 aliphatic heterocycles. The Hall–Kier alpha value is -0.0400. The van der Waals surface area contributed by atoms with Gasteiger partial charge in [0.25, 0.3) is 0 Å². The number of hydrogen-bond donors (Lipinski definition) is 1. The van der Waals surface area contributed by atoms with Crippen molar-refractivity contribution < 1.29 is 0 Å². The van der Waals surface area contributed by atoms with E-state index in [1.807, 2.05) is 0 Å². The molecule has 0 aromatic heterocycles. The van der Waals surface area contributed by atoms with Gasteiger partial charge in [-0.05, 0) is 24.8 Å². The van der Waals surface area contributed by atoms with Gasteiger partial charge >= 0.3 is 0 Å². The maximum atomic E-state index is 3.38. The molecule has 1 heteroatoms. The SMILES string of the molecule is CNC(C(C)C)C(C)C(C)C. The van der Waals surface area contributed by atoms with Crippen LogP contribution in [0.15, 0.2) is 0 Å². The van der Waals surface area contributed by atoms with Gasteiger partial charge in [0, 0.05) is 6.04 Å². The van der Waals surface area contributed by atoms with E-state index >= 15 is 0 Å². The molecule has 0 aromatic carbocycles. The Morgan fingerprint density at radius 3 is 1.36 bits per heavy atom. The van der Waals surface area contributed by atoms with Crippen molar-refractivity contribution in [2.24, 2.45) is 17.8 Å². The fourth-order valence-electron chi connectivity index (χ4n) is 1.62. The maximum Gasteiger partial charge on any atom is 0.0115 e. The van der Waals surface area contributed by atoms with Crippen LogP contribution in [0.2, 0.25) is 0 Å². The zero-order valence-corrected chi connectivity index (χ0v) is 8.81. The van der Waals surface area contributed by atoms with E-state index in [0.29, 0.717) is 6.04 Å². The zero-order chi connectivity index (χ0) is 9.02. The van der Waals surface area contributed by atoms with Gasteiger partial charge in [0.1, 0.15) is 0 Å². The van der Waals surface area contributed by atoms with Gasteiger partial charge in [-0.15, -0.1) is 0 Å². The summed E-state index contributed by atoms with van der Waals surface area (Å²) in [5.74, 6) is 2.27. The van der Waals surface area contributed by atoms with E-state index in [0.717, 1.165) is 17.8 Å². The van der Waals surface area contributed by atoms with E-state index in [9.17, 15) is 0 Å². The summed E-state index contributed by atoms with van der Waals surface area (Å²) >= 11 is 0. The standard InChI is InChI=1S/C10H23N/c1-7(2)9(5)10(11-6)8(3)4/h7-11H,1-6H3. The molecule has 0 aliphatic rings. The van der Waals surface area contributed by atoms with Crippen molar-refractivity contribution in [1.29, 1.82) is 0 Å². The lowest BCUT2D eigenvalue weighted by Crippen LogP contribution is -2.38. The number of rotatable bonds is 4. The summed E-state index contributed by atoms with van der Waals surface area (Å²) in [4.78, 5) is 0. The van der Waals surface area contributed by atoms with Crippen LogP contribution in [-0.2, 0) is 0 Å². The fraction of sp³-hybridized carbons (Fsp3) is 1.00. The van der Waals surface area contributed by atoms with Crippen LogP contribution < -0.4 is 5.32 Å². The third kappa shape index (κ3) is 3.24. The van der Waals surface area contributed by atoms with Crippen LogP contribution in [0.1, 0.15) is 34.6 Å². The molecule has 0 rings (SSSR count). The quantitative estimate of drug-likeness (QED) is 0.661. The highest BCUT2D eigenvalue weighted by molar-refractivity contribution is 4.76. The second kappa shape index (κ2) is 4.76. The molecule has 0 heterocycles. The van der Waals surface area contributed by atoms with Gasteiger partial charge in [-0.1, -0.05) is 34.6 Å². The molecular weight excluding hydrogens is 134 g/mol. The molecule has 0 amide bonds. The van der Waals surface area contributed by atoms with Crippen LogP contribution in [0.3, 0.4) is 0 Å². The van der Waals surface area contributed by atoms with Crippen molar-refractivity contribution in [3.05, 3.63) is 0 Å². The van der Waals surface area contributed by atoms with Crippen molar-refractivity contribution >= 4 is 0 Å². The Labute approximate surface area is 71.6 Å². The first kappa shape index (κ1) is 11.0. The minimum atomic E-state index is 0.662. The Kier molecular flexibility index (Phi) is 4.74. The van der Waals surface area contributed by atoms with E-state index in [-0.39, 0.29) is 0 Å². The van der Waals surface area contributed by atoms with Gasteiger partial charge in [-0.2, -0.15) is 0 Å². The minimum absolute atomic E-state index is 0.662. The topological polar surface area (TPSA) is 12.0 Å². The van der Waals surface area contributed by atoms with E-state index in [4.69, 9.17) is 0 Å². The molecule has 0 aromatic rings. The first-order valence-electron chi connectivity index (χ1n) is 4.68. The molecule has 0 radical (unpaired) electrons. The summed E-state index contributed by atoms with van der Waals surface area (Å²) in [5.41, 5.74) is 0. The fourth-order valence-corrected chi connectivity index (χ4v) is 1.62. The second-order valence-corrected chi connectivity index (χ2v) is 4.16. The summed E-state index contributed by atoms with van der Waals surface area (Å²) in [5, 5.41) is 3.38. The normalized spacial score (nSPS) is 17.5. The highest BCUT2D eigenvalue weighted by atomic mass is 14.9. The summed E-state index contributed by atoms with van der Waals surface area (Å²) in [7, 11) is 2.06. The molecule has 1 nitrogen and oxygen atoms in total. The van der Waals surface area contributed by atoms with Crippen LogP contribution >= 0.6 is 0 Å². The molecule has 0 spiro atoms. The molecule has 0 fully saturated rings. The molecule has 1 N–H and O–H groups in total. The molecule has 0 saturated heterocycles. The molecular formula is C10H23N. The average Bonchev–Trinajstić information content (AvgIpc) is 1.88. The summed E-state index contributed by atoms with van der Waals surface area (Å²) in [6, 6.07) is 0.662.